The minimum absolute atomic E-state index is 0.183. The van der Waals surface area contributed by atoms with Gasteiger partial charge >= 0.3 is 6.09 Å². The standard InChI is InChI=1S/C21H21NO4/c1-12(2)13-9-10-16-17(11-13)26-20(3)15-8-6-5-7-14(15)18(23)21(16,20)22-19(24)25-4/h5-12H,1-4H3,(H,22,24). The highest BCUT2D eigenvalue weighted by molar-refractivity contribution is 6.12. The van der Waals surface area contributed by atoms with Gasteiger partial charge in [-0.15, -0.1) is 0 Å². The van der Waals surface area contributed by atoms with Gasteiger partial charge in [-0.05, 0) is 24.5 Å². The van der Waals surface area contributed by atoms with Gasteiger partial charge in [-0.2, -0.15) is 0 Å². The molecule has 1 heterocycles. The number of methoxy groups -OCH3 is 1. The van der Waals surface area contributed by atoms with E-state index >= 15 is 0 Å². The quantitative estimate of drug-likeness (QED) is 0.892. The molecule has 26 heavy (non-hydrogen) atoms. The van der Waals surface area contributed by atoms with Crippen LogP contribution in [0.3, 0.4) is 0 Å². The zero-order valence-electron chi connectivity index (χ0n) is 15.3. The Bertz CT molecular complexity index is 935. The Morgan fingerprint density at radius 2 is 1.88 bits per heavy atom. The fraction of sp³-hybridized carbons (Fsp3) is 0.333. The predicted octanol–water partition coefficient (Wildman–Crippen LogP) is 3.87. The summed E-state index contributed by atoms with van der Waals surface area (Å²) in [6, 6.07) is 13.2. The SMILES string of the molecule is COC(=O)NC12C(=O)c3ccccc3C1(C)Oc1cc(C(C)C)ccc12. The molecule has 0 bridgehead atoms. The maximum absolute atomic E-state index is 13.5. The Morgan fingerprint density at radius 1 is 1.15 bits per heavy atom. The number of fused-ring (bicyclic) bond motifs is 5. The molecular weight excluding hydrogens is 330 g/mol. The number of carbonyl (C=O) groups is 2. The van der Waals surface area contributed by atoms with Gasteiger partial charge in [-0.25, -0.2) is 4.79 Å². The third-order valence-corrected chi connectivity index (χ3v) is 5.61. The smallest absolute Gasteiger partial charge is 0.408 e. The Balaban J connectivity index is 1.99. The fourth-order valence-electron chi connectivity index (χ4n) is 4.19. The van der Waals surface area contributed by atoms with E-state index in [0.29, 0.717) is 22.8 Å². The van der Waals surface area contributed by atoms with Crippen LogP contribution in [-0.2, 0) is 15.9 Å². The lowest BCUT2D eigenvalue weighted by Crippen LogP contribution is -2.58. The summed E-state index contributed by atoms with van der Waals surface area (Å²) in [5, 5.41) is 2.81. The number of hydrogen-bond donors (Lipinski definition) is 1. The third kappa shape index (κ3) is 1.86. The molecule has 2 atom stereocenters. The number of amides is 1. The van der Waals surface area contributed by atoms with E-state index in [2.05, 4.69) is 19.2 Å². The van der Waals surface area contributed by atoms with Gasteiger partial charge in [0.1, 0.15) is 5.75 Å². The van der Waals surface area contributed by atoms with Crippen molar-refractivity contribution in [2.75, 3.05) is 7.11 Å². The van der Waals surface area contributed by atoms with Crippen molar-refractivity contribution < 1.29 is 19.1 Å². The normalized spacial score (nSPS) is 25.3. The van der Waals surface area contributed by atoms with Gasteiger partial charge in [0.25, 0.3) is 0 Å². The molecule has 4 rings (SSSR count). The predicted molar refractivity (Wildman–Crippen MR) is 96.5 cm³/mol. The van der Waals surface area contributed by atoms with Crippen LogP contribution in [0.15, 0.2) is 42.5 Å². The van der Waals surface area contributed by atoms with Crippen molar-refractivity contribution in [3.05, 3.63) is 64.7 Å². The van der Waals surface area contributed by atoms with E-state index in [4.69, 9.17) is 9.47 Å². The first-order valence-corrected chi connectivity index (χ1v) is 8.69. The van der Waals surface area contributed by atoms with Crippen molar-refractivity contribution in [2.24, 2.45) is 0 Å². The van der Waals surface area contributed by atoms with Gasteiger partial charge in [0.15, 0.2) is 16.9 Å². The van der Waals surface area contributed by atoms with Crippen LogP contribution in [0.5, 0.6) is 5.75 Å². The molecule has 5 nitrogen and oxygen atoms in total. The lowest BCUT2D eigenvalue weighted by atomic mass is 9.77. The molecule has 2 unspecified atom stereocenters. The summed E-state index contributed by atoms with van der Waals surface area (Å²) >= 11 is 0. The number of nitrogens with one attached hydrogen (secondary N) is 1. The first-order valence-electron chi connectivity index (χ1n) is 8.69. The van der Waals surface area contributed by atoms with Gasteiger partial charge in [0.05, 0.1) is 7.11 Å². The van der Waals surface area contributed by atoms with E-state index in [0.717, 1.165) is 11.1 Å². The zero-order chi connectivity index (χ0) is 18.7. The Kier molecular flexibility index (Phi) is 3.41. The maximum Gasteiger partial charge on any atom is 0.408 e. The Hall–Kier alpha value is -2.82. The molecule has 1 aliphatic carbocycles. The molecule has 0 saturated heterocycles. The first-order chi connectivity index (χ1) is 12.3. The zero-order valence-corrected chi connectivity index (χ0v) is 15.3. The summed E-state index contributed by atoms with van der Waals surface area (Å²) in [6.07, 6.45) is -0.665. The van der Waals surface area contributed by atoms with E-state index in [1.54, 1.807) is 6.07 Å². The van der Waals surface area contributed by atoms with Crippen molar-refractivity contribution in [3.8, 4) is 5.75 Å². The van der Waals surface area contributed by atoms with Crippen LogP contribution >= 0.6 is 0 Å². The van der Waals surface area contributed by atoms with Crippen molar-refractivity contribution >= 4 is 11.9 Å². The molecule has 2 aromatic carbocycles. The summed E-state index contributed by atoms with van der Waals surface area (Å²) in [6.45, 7) is 6.05. The van der Waals surface area contributed by atoms with Crippen LogP contribution in [0, 0.1) is 0 Å². The van der Waals surface area contributed by atoms with Crippen LogP contribution < -0.4 is 10.1 Å². The van der Waals surface area contributed by atoms with Crippen LogP contribution in [0.1, 0.15) is 53.7 Å². The number of ether oxygens (including phenoxy) is 2. The van der Waals surface area contributed by atoms with Crippen LogP contribution in [0.25, 0.3) is 0 Å². The number of ketones is 1. The highest BCUT2D eigenvalue weighted by Gasteiger charge is 2.69. The molecule has 2 aromatic rings. The second kappa shape index (κ2) is 5.34. The Morgan fingerprint density at radius 3 is 2.58 bits per heavy atom. The number of Topliss-reactive ketones (excluding diaryl/α,β-unsaturated/α-hetero) is 1. The monoisotopic (exact) mass is 351 g/mol. The molecule has 0 aromatic heterocycles. The number of carbonyl (C=O) groups excluding carboxylic acids is 2. The molecule has 134 valence electrons. The van der Waals surface area contributed by atoms with Gasteiger partial charge in [-0.3, -0.25) is 4.79 Å². The largest absolute Gasteiger partial charge is 0.479 e. The second-order valence-electron chi connectivity index (χ2n) is 7.29. The van der Waals surface area contributed by atoms with Crippen LogP contribution in [0.2, 0.25) is 0 Å². The second-order valence-corrected chi connectivity index (χ2v) is 7.29. The minimum Gasteiger partial charge on any atom is -0.479 e. The summed E-state index contributed by atoms with van der Waals surface area (Å²) in [4.78, 5) is 25.7. The number of benzene rings is 2. The van der Waals surface area contributed by atoms with Crippen molar-refractivity contribution in [1.82, 2.24) is 5.32 Å². The van der Waals surface area contributed by atoms with Gasteiger partial charge in [0, 0.05) is 16.7 Å². The molecule has 1 aliphatic heterocycles. The van der Waals surface area contributed by atoms with Gasteiger partial charge in [0.2, 0.25) is 0 Å². The number of alkyl carbamates (subject to hydrolysis) is 1. The maximum atomic E-state index is 13.5. The fourth-order valence-corrected chi connectivity index (χ4v) is 4.19. The highest BCUT2D eigenvalue weighted by Crippen LogP contribution is 2.59. The Labute approximate surface area is 152 Å². The van der Waals surface area contributed by atoms with E-state index < -0.39 is 17.2 Å². The third-order valence-electron chi connectivity index (χ3n) is 5.61. The van der Waals surface area contributed by atoms with Crippen LogP contribution in [0.4, 0.5) is 4.79 Å². The molecule has 2 aliphatic rings. The summed E-state index contributed by atoms with van der Waals surface area (Å²) < 4.78 is 11.2. The lowest BCUT2D eigenvalue weighted by molar-refractivity contribution is 0.0249. The topological polar surface area (TPSA) is 64.6 Å². The van der Waals surface area contributed by atoms with Gasteiger partial charge < -0.3 is 14.8 Å². The molecule has 1 N–H and O–H groups in total. The average Bonchev–Trinajstić information content (AvgIpc) is 2.99. The first kappa shape index (κ1) is 16.6. The molecule has 0 saturated carbocycles. The van der Waals surface area contributed by atoms with Gasteiger partial charge in [-0.1, -0.05) is 50.2 Å². The average molecular weight is 351 g/mol. The van der Waals surface area contributed by atoms with Crippen LogP contribution in [-0.4, -0.2) is 19.0 Å². The number of rotatable bonds is 2. The van der Waals surface area contributed by atoms with Crippen molar-refractivity contribution in [1.29, 1.82) is 0 Å². The van der Waals surface area contributed by atoms with E-state index in [9.17, 15) is 9.59 Å². The summed E-state index contributed by atoms with van der Waals surface area (Å²) in [7, 11) is 1.29. The van der Waals surface area contributed by atoms with Crippen molar-refractivity contribution in [3.63, 3.8) is 0 Å². The van der Waals surface area contributed by atoms with Crippen molar-refractivity contribution in [2.45, 2.75) is 37.8 Å². The molecule has 1 amide bonds. The number of hydrogen-bond acceptors (Lipinski definition) is 4. The molecule has 0 radical (unpaired) electrons. The van der Waals surface area contributed by atoms with E-state index in [1.807, 2.05) is 43.3 Å². The molecule has 5 heteroatoms. The highest BCUT2D eigenvalue weighted by atomic mass is 16.5. The molecule has 0 fully saturated rings. The lowest BCUT2D eigenvalue weighted by Gasteiger charge is -2.35. The molecule has 0 spiro atoms. The van der Waals surface area contributed by atoms with E-state index in [-0.39, 0.29) is 5.78 Å². The van der Waals surface area contributed by atoms with E-state index in [1.165, 1.54) is 7.11 Å². The summed E-state index contributed by atoms with van der Waals surface area (Å²) in [5.74, 6) is 0.764. The minimum atomic E-state index is -1.34. The molecular formula is C21H21NO4. The summed E-state index contributed by atoms with van der Waals surface area (Å²) in [5.41, 5.74) is 0.729.